The SMILES string of the molecule is Cc1cccc(S(=O)(=O)NCCC(=O)NC2CC3CCC(C2)N3S(C)(=O)=O)c1. The van der Waals surface area contributed by atoms with Crippen molar-refractivity contribution in [1.29, 1.82) is 0 Å². The zero-order valence-corrected chi connectivity index (χ0v) is 17.7. The van der Waals surface area contributed by atoms with Crippen LogP contribution < -0.4 is 10.0 Å². The number of aryl methyl sites for hydroxylation is 1. The molecular weight excluding hydrogens is 402 g/mol. The molecule has 8 nitrogen and oxygen atoms in total. The third-order valence-corrected chi connectivity index (χ3v) is 8.18. The molecule has 2 aliphatic heterocycles. The number of hydrogen-bond donors (Lipinski definition) is 2. The smallest absolute Gasteiger partial charge is 0.240 e. The van der Waals surface area contributed by atoms with Gasteiger partial charge in [-0.2, -0.15) is 4.31 Å². The predicted octanol–water partition coefficient (Wildman–Crippen LogP) is 0.735. The highest BCUT2D eigenvalue weighted by molar-refractivity contribution is 7.89. The Hall–Kier alpha value is -1.49. The maximum absolute atomic E-state index is 12.3. The fourth-order valence-corrected chi connectivity index (χ4v) is 6.86. The Morgan fingerprint density at radius 2 is 1.79 bits per heavy atom. The van der Waals surface area contributed by atoms with E-state index in [1.807, 2.05) is 13.0 Å². The summed E-state index contributed by atoms with van der Waals surface area (Å²) in [6, 6.07) is 6.39. The molecule has 1 aromatic rings. The molecule has 156 valence electrons. The van der Waals surface area contributed by atoms with Gasteiger partial charge in [-0.3, -0.25) is 4.79 Å². The lowest BCUT2D eigenvalue weighted by molar-refractivity contribution is -0.122. The Morgan fingerprint density at radius 3 is 2.36 bits per heavy atom. The molecule has 1 aromatic carbocycles. The van der Waals surface area contributed by atoms with E-state index in [1.165, 1.54) is 12.3 Å². The first-order valence-corrected chi connectivity index (χ1v) is 12.7. The summed E-state index contributed by atoms with van der Waals surface area (Å²) in [5.41, 5.74) is 0.843. The van der Waals surface area contributed by atoms with Crippen LogP contribution in [-0.4, -0.2) is 58.0 Å². The molecule has 2 unspecified atom stereocenters. The van der Waals surface area contributed by atoms with E-state index in [2.05, 4.69) is 10.0 Å². The molecule has 2 bridgehead atoms. The highest BCUT2D eigenvalue weighted by Crippen LogP contribution is 2.37. The molecule has 3 rings (SSSR count). The van der Waals surface area contributed by atoms with E-state index >= 15 is 0 Å². The van der Waals surface area contributed by atoms with Gasteiger partial charge in [0.05, 0.1) is 11.2 Å². The van der Waals surface area contributed by atoms with Crippen molar-refractivity contribution < 1.29 is 21.6 Å². The Morgan fingerprint density at radius 1 is 1.14 bits per heavy atom. The lowest BCUT2D eigenvalue weighted by Gasteiger charge is -2.37. The molecule has 0 spiro atoms. The van der Waals surface area contributed by atoms with Gasteiger partial charge in [0.15, 0.2) is 0 Å². The topological polar surface area (TPSA) is 113 Å². The van der Waals surface area contributed by atoms with Gasteiger partial charge in [0.2, 0.25) is 26.0 Å². The van der Waals surface area contributed by atoms with Gasteiger partial charge in [0.1, 0.15) is 0 Å². The van der Waals surface area contributed by atoms with Crippen LogP contribution in [0.15, 0.2) is 29.2 Å². The van der Waals surface area contributed by atoms with Crippen LogP contribution in [0.5, 0.6) is 0 Å². The van der Waals surface area contributed by atoms with Crippen LogP contribution in [0, 0.1) is 6.92 Å². The van der Waals surface area contributed by atoms with Crippen molar-refractivity contribution in [2.24, 2.45) is 0 Å². The third kappa shape index (κ3) is 4.91. The summed E-state index contributed by atoms with van der Waals surface area (Å²) < 4.78 is 52.4. The predicted molar refractivity (Wildman–Crippen MR) is 106 cm³/mol. The van der Waals surface area contributed by atoms with Crippen molar-refractivity contribution in [3.8, 4) is 0 Å². The second kappa shape index (κ2) is 8.10. The lowest BCUT2D eigenvalue weighted by Crippen LogP contribution is -2.52. The van der Waals surface area contributed by atoms with Gasteiger partial charge in [-0.25, -0.2) is 21.6 Å². The van der Waals surface area contributed by atoms with E-state index in [-0.39, 0.29) is 41.9 Å². The maximum Gasteiger partial charge on any atom is 0.240 e. The molecule has 2 aliphatic rings. The van der Waals surface area contributed by atoms with E-state index in [0.29, 0.717) is 12.8 Å². The van der Waals surface area contributed by atoms with E-state index in [0.717, 1.165) is 18.4 Å². The number of hydrogen-bond acceptors (Lipinski definition) is 5. The highest BCUT2D eigenvalue weighted by atomic mass is 32.2. The minimum absolute atomic E-state index is 0.0111. The zero-order chi connectivity index (χ0) is 20.5. The third-order valence-electron chi connectivity index (χ3n) is 5.36. The Bertz CT molecular complexity index is 932. The average molecular weight is 430 g/mol. The van der Waals surface area contributed by atoms with Gasteiger partial charge in [0, 0.05) is 31.1 Å². The Balaban J connectivity index is 1.48. The molecule has 2 heterocycles. The first-order valence-electron chi connectivity index (χ1n) is 9.40. The Labute approximate surface area is 166 Å². The second-order valence-corrected chi connectivity index (χ2v) is 11.3. The van der Waals surface area contributed by atoms with Crippen molar-refractivity contribution in [3.05, 3.63) is 29.8 Å². The van der Waals surface area contributed by atoms with Gasteiger partial charge in [-0.1, -0.05) is 12.1 Å². The van der Waals surface area contributed by atoms with Crippen LogP contribution in [0.3, 0.4) is 0 Å². The number of benzene rings is 1. The number of rotatable bonds is 7. The quantitative estimate of drug-likeness (QED) is 0.664. The molecule has 10 heteroatoms. The molecule has 1 amide bonds. The molecule has 2 saturated heterocycles. The normalized spacial score (nSPS) is 25.6. The zero-order valence-electron chi connectivity index (χ0n) is 16.1. The molecule has 2 fully saturated rings. The standard InChI is InChI=1S/C18H27N3O5S2/c1-13-4-3-5-17(10-13)28(25,26)19-9-8-18(22)20-14-11-15-6-7-16(12-14)21(15)27(2,23)24/h3-5,10,14-16,19H,6-9,11-12H2,1-2H3,(H,20,22). The molecular formula is C18H27N3O5S2. The number of nitrogens with one attached hydrogen (secondary N) is 2. The number of fused-ring (bicyclic) bond motifs is 2. The van der Waals surface area contributed by atoms with Gasteiger partial charge in [-0.05, 0) is 50.3 Å². The second-order valence-electron chi connectivity index (χ2n) is 7.68. The van der Waals surface area contributed by atoms with Crippen molar-refractivity contribution >= 4 is 26.0 Å². The van der Waals surface area contributed by atoms with Crippen molar-refractivity contribution in [2.45, 2.75) is 62.0 Å². The van der Waals surface area contributed by atoms with Crippen LogP contribution in [0.2, 0.25) is 0 Å². The van der Waals surface area contributed by atoms with E-state index < -0.39 is 20.0 Å². The maximum atomic E-state index is 12.3. The molecule has 0 radical (unpaired) electrons. The van der Waals surface area contributed by atoms with Crippen LogP contribution in [0.25, 0.3) is 0 Å². The van der Waals surface area contributed by atoms with Crippen LogP contribution in [-0.2, 0) is 24.8 Å². The number of sulfonamides is 2. The lowest BCUT2D eigenvalue weighted by atomic mass is 9.99. The number of carbonyl (C=O) groups excluding carboxylic acids is 1. The molecule has 0 saturated carbocycles. The molecule has 0 aliphatic carbocycles. The van der Waals surface area contributed by atoms with E-state index in [1.54, 1.807) is 16.4 Å². The van der Waals surface area contributed by atoms with Crippen molar-refractivity contribution in [3.63, 3.8) is 0 Å². The summed E-state index contributed by atoms with van der Waals surface area (Å²) in [4.78, 5) is 12.4. The molecule has 2 atom stereocenters. The molecule has 28 heavy (non-hydrogen) atoms. The van der Waals surface area contributed by atoms with Crippen LogP contribution >= 0.6 is 0 Å². The number of amides is 1. The van der Waals surface area contributed by atoms with E-state index in [4.69, 9.17) is 0 Å². The average Bonchev–Trinajstić information content (AvgIpc) is 2.87. The molecule has 0 aromatic heterocycles. The van der Waals surface area contributed by atoms with Gasteiger partial charge in [0.25, 0.3) is 0 Å². The summed E-state index contributed by atoms with van der Waals surface area (Å²) in [7, 11) is -6.88. The molecule has 2 N–H and O–H groups in total. The van der Waals surface area contributed by atoms with Crippen molar-refractivity contribution in [1.82, 2.24) is 14.3 Å². The van der Waals surface area contributed by atoms with Crippen LogP contribution in [0.4, 0.5) is 0 Å². The van der Waals surface area contributed by atoms with Gasteiger partial charge in [-0.15, -0.1) is 0 Å². The summed E-state index contributed by atoms with van der Waals surface area (Å²) in [5, 5.41) is 2.93. The Kier molecular flexibility index (Phi) is 6.14. The van der Waals surface area contributed by atoms with E-state index in [9.17, 15) is 21.6 Å². The summed E-state index contributed by atoms with van der Waals surface area (Å²) in [5.74, 6) is -0.232. The fraction of sp³-hybridized carbons (Fsp3) is 0.611. The summed E-state index contributed by atoms with van der Waals surface area (Å²) >= 11 is 0. The largest absolute Gasteiger partial charge is 0.353 e. The van der Waals surface area contributed by atoms with Crippen molar-refractivity contribution in [2.75, 3.05) is 12.8 Å². The summed E-state index contributed by atoms with van der Waals surface area (Å²) in [6.45, 7) is 1.83. The van der Waals surface area contributed by atoms with Gasteiger partial charge < -0.3 is 5.32 Å². The van der Waals surface area contributed by atoms with Gasteiger partial charge >= 0.3 is 0 Å². The first kappa shape index (κ1) is 21.2. The fourth-order valence-electron chi connectivity index (χ4n) is 4.26. The number of carbonyl (C=O) groups is 1. The van der Waals surface area contributed by atoms with Crippen LogP contribution in [0.1, 0.15) is 37.7 Å². The first-order chi connectivity index (χ1) is 13.1. The highest BCUT2D eigenvalue weighted by Gasteiger charge is 2.45. The number of piperidine rings is 1. The number of nitrogens with zero attached hydrogens (tertiary/aromatic N) is 1. The monoisotopic (exact) mass is 429 g/mol. The minimum Gasteiger partial charge on any atom is -0.353 e. The summed E-state index contributed by atoms with van der Waals surface area (Å²) in [6.07, 6.45) is 4.11. The minimum atomic E-state index is -3.65.